The number of aliphatic hydroxyl groups is 1. The van der Waals surface area contributed by atoms with Crippen LogP contribution in [0.4, 0.5) is 10.7 Å². The van der Waals surface area contributed by atoms with Gasteiger partial charge >= 0.3 is 11.9 Å². The molecule has 4 aromatic rings. The summed E-state index contributed by atoms with van der Waals surface area (Å²) < 4.78 is 9.79. The van der Waals surface area contributed by atoms with Crippen LogP contribution in [0.25, 0.3) is 0 Å². The van der Waals surface area contributed by atoms with Crippen LogP contribution >= 0.6 is 11.3 Å². The highest BCUT2D eigenvalue weighted by molar-refractivity contribution is 7.16. The molecule has 1 saturated carbocycles. The summed E-state index contributed by atoms with van der Waals surface area (Å²) in [6, 6.07) is 23.9. The Hall–Kier alpha value is -4.55. The summed E-state index contributed by atoms with van der Waals surface area (Å²) in [6.07, 6.45) is 6.87. The van der Waals surface area contributed by atoms with Gasteiger partial charge in [-0.3, -0.25) is 14.5 Å². The molecule has 3 aromatic carbocycles. The fraction of sp³-hybridized carbons (Fsp3) is 0.405. The second-order valence-electron chi connectivity index (χ2n) is 13.7. The van der Waals surface area contributed by atoms with Gasteiger partial charge in [0.05, 0.1) is 31.4 Å². The van der Waals surface area contributed by atoms with Crippen LogP contribution in [0.2, 0.25) is 0 Å². The van der Waals surface area contributed by atoms with Crippen molar-refractivity contribution in [2.75, 3.05) is 44.0 Å². The average Bonchev–Trinajstić information content (AvgIpc) is 3.96. The molecule has 0 aliphatic heterocycles. The van der Waals surface area contributed by atoms with Gasteiger partial charge in [0.25, 0.3) is 5.91 Å². The molecule has 1 unspecified atom stereocenters. The van der Waals surface area contributed by atoms with Gasteiger partial charge in [-0.1, -0.05) is 48.5 Å². The Morgan fingerprint density at radius 2 is 1.66 bits per heavy atom. The molecule has 1 fully saturated rings. The number of amides is 1. The summed E-state index contributed by atoms with van der Waals surface area (Å²) in [5.74, 6) is -0.761. The molecule has 2 aliphatic rings. The normalized spacial score (nSPS) is 14.3. The first-order chi connectivity index (χ1) is 25.8. The molecular weight excluding hydrogens is 689 g/mol. The summed E-state index contributed by atoms with van der Waals surface area (Å²) in [5, 5.41) is 21.8. The van der Waals surface area contributed by atoms with Crippen molar-refractivity contribution in [3.63, 3.8) is 0 Å². The Balaban J connectivity index is 1.07. The summed E-state index contributed by atoms with van der Waals surface area (Å²) in [7, 11) is 1.38. The standard InChI is InChI=1S/C42H50N4O6S/c1-3-52-37(47)26-43-23-24-46(34-21-22-34)27-30-7-6-8-32(25-30)39(48)45-41-38(35-9-4-5-10-36(35)53-41)40(49)44-33-19-15-29(16-20-33)12-11-28-13-17-31(18-14-28)42(50)51-2/h6-8,13-20,25,34,39,43,45,48H,3-5,9-12,21-24,26-27H2,1-2H3,(H,44,49). The minimum Gasteiger partial charge on any atom is -0.465 e. The van der Waals surface area contributed by atoms with Gasteiger partial charge in [0.2, 0.25) is 0 Å². The molecule has 0 spiro atoms. The number of methoxy groups -OCH3 is 1. The maximum absolute atomic E-state index is 13.9. The summed E-state index contributed by atoms with van der Waals surface area (Å²) in [4.78, 5) is 40.9. The SMILES string of the molecule is CCOC(=O)CNCCN(Cc1cccc(C(O)Nc2sc3c(c2C(=O)Nc2ccc(CCc4ccc(C(=O)OC)cc4)cc2)CCCC3)c1)C1CC1. The van der Waals surface area contributed by atoms with Crippen LogP contribution in [0.1, 0.15) is 92.2 Å². The number of aryl methyl sites for hydroxylation is 3. The van der Waals surface area contributed by atoms with Crippen molar-refractivity contribution in [2.45, 2.75) is 77.1 Å². The Morgan fingerprint density at radius 3 is 2.36 bits per heavy atom. The number of hydrogen-bond donors (Lipinski definition) is 4. The largest absolute Gasteiger partial charge is 0.465 e. The number of fused-ring (bicyclic) bond motifs is 1. The lowest BCUT2D eigenvalue weighted by atomic mass is 9.95. The van der Waals surface area contributed by atoms with Crippen molar-refractivity contribution < 1.29 is 29.0 Å². The maximum Gasteiger partial charge on any atom is 0.337 e. The third-order valence-corrected chi connectivity index (χ3v) is 11.0. The molecule has 6 rings (SSSR count). The number of ether oxygens (including phenoxy) is 2. The van der Waals surface area contributed by atoms with E-state index < -0.39 is 6.23 Å². The van der Waals surface area contributed by atoms with Crippen LogP contribution in [0.15, 0.2) is 72.8 Å². The predicted octanol–water partition coefficient (Wildman–Crippen LogP) is 6.67. The van der Waals surface area contributed by atoms with Gasteiger partial charge in [0.1, 0.15) is 5.00 Å². The first-order valence-electron chi connectivity index (χ1n) is 18.7. The summed E-state index contributed by atoms with van der Waals surface area (Å²) in [5.41, 5.74) is 7.06. The fourth-order valence-electron chi connectivity index (χ4n) is 6.83. The van der Waals surface area contributed by atoms with Crippen molar-refractivity contribution in [3.8, 4) is 0 Å². The smallest absolute Gasteiger partial charge is 0.337 e. The molecule has 0 saturated heterocycles. The molecule has 11 heteroatoms. The Kier molecular flexibility index (Phi) is 13.3. The van der Waals surface area contributed by atoms with Crippen LogP contribution in [0.5, 0.6) is 0 Å². The van der Waals surface area contributed by atoms with E-state index >= 15 is 0 Å². The second kappa shape index (κ2) is 18.5. The highest BCUT2D eigenvalue weighted by Gasteiger charge is 2.29. The molecular formula is C42H50N4O6S. The average molecular weight is 739 g/mol. The number of carbonyl (C=O) groups excluding carboxylic acids is 3. The third-order valence-electron chi connectivity index (χ3n) is 9.82. The zero-order valence-corrected chi connectivity index (χ0v) is 31.4. The molecule has 1 atom stereocenters. The fourth-order valence-corrected chi connectivity index (χ4v) is 8.14. The van der Waals surface area contributed by atoms with Gasteiger partial charge in [-0.05, 0) is 105 Å². The monoisotopic (exact) mass is 738 g/mol. The van der Waals surface area contributed by atoms with Crippen LogP contribution in [-0.4, -0.2) is 67.2 Å². The van der Waals surface area contributed by atoms with E-state index in [-0.39, 0.29) is 24.4 Å². The van der Waals surface area contributed by atoms with E-state index in [0.717, 1.165) is 92.3 Å². The van der Waals surface area contributed by atoms with Crippen molar-refractivity contribution in [3.05, 3.63) is 117 Å². The summed E-state index contributed by atoms with van der Waals surface area (Å²) >= 11 is 1.57. The number of nitrogens with zero attached hydrogens (tertiary/aromatic N) is 1. The molecule has 10 nitrogen and oxygen atoms in total. The van der Waals surface area contributed by atoms with Crippen LogP contribution in [0, 0.1) is 0 Å². The molecule has 0 radical (unpaired) electrons. The third kappa shape index (κ3) is 10.5. The number of nitrogens with one attached hydrogen (secondary N) is 3. The van der Waals surface area contributed by atoms with Crippen LogP contribution < -0.4 is 16.0 Å². The number of rotatable bonds is 18. The lowest BCUT2D eigenvalue weighted by molar-refractivity contribution is -0.142. The Morgan fingerprint density at radius 1 is 0.943 bits per heavy atom. The number of thiophene rings is 1. The van der Waals surface area contributed by atoms with Crippen molar-refractivity contribution in [1.29, 1.82) is 0 Å². The van der Waals surface area contributed by atoms with Crippen molar-refractivity contribution in [1.82, 2.24) is 10.2 Å². The van der Waals surface area contributed by atoms with E-state index in [4.69, 9.17) is 9.47 Å². The molecule has 1 amide bonds. The van der Waals surface area contributed by atoms with E-state index in [1.807, 2.05) is 54.6 Å². The Bertz CT molecular complexity index is 1850. The lowest BCUT2D eigenvalue weighted by Gasteiger charge is -2.23. The molecule has 4 N–H and O–H groups in total. The first kappa shape index (κ1) is 38.2. The Labute approximate surface area is 315 Å². The van der Waals surface area contributed by atoms with Gasteiger partial charge in [0, 0.05) is 41.8 Å². The molecule has 1 aromatic heterocycles. The van der Waals surface area contributed by atoms with Gasteiger partial charge in [-0.25, -0.2) is 4.79 Å². The zero-order valence-electron chi connectivity index (χ0n) is 30.6. The zero-order chi connectivity index (χ0) is 37.2. The van der Waals surface area contributed by atoms with Crippen LogP contribution in [0.3, 0.4) is 0 Å². The lowest BCUT2D eigenvalue weighted by Crippen LogP contribution is -2.35. The van der Waals surface area contributed by atoms with Crippen molar-refractivity contribution >= 4 is 39.9 Å². The number of aliphatic hydroxyl groups excluding tert-OH is 1. The second-order valence-corrected chi connectivity index (χ2v) is 14.8. The number of esters is 2. The minimum absolute atomic E-state index is 0.178. The first-order valence-corrected chi connectivity index (χ1v) is 19.5. The maximum atomic E-state index is 13.9. The number of carbonyl (C=O) groups is 3. The van der Waals surface area contributed by atoms with Gasteiger partial charge in [-0.2, -0.15) is 0 Å². The van der Waals surface area contributed by atoms with E-state index in [0.29, 0.717) is 41.0 Å². The number of anilines is 2. The number of benzene rings is 3. The summed E-state index contributed by atoms with van der Waals surface area (Å²) in [6.45, 7) is 4.63. The van der Waals surface area contributed by atoms with E-state index in [1.54, 1.807) is 30.4 Å². The molecule has 1 heterocycles. The van der Waals surface area contributed by atoms with Crippen LogP contribution in [-0.2, 0) is 46.5 Å². The van der Waals surface area contributed by atoms with Gasteiger partial charge in [-0.15, -0.1) is 11.3 Å². The van der Waals surface area contributed by atoms with E-state index in [9.17, 15) is 19.5 Å². The number of hydrogen-bond acceptors (Lipinski definition) is 10. The highest BCUT2D eigenvalue weighted by Crippen LogP contribution is 2.40. The molecule has 280 valence electrons. The van der Waals surface area contributed by atoms with Gasteiger partial charge in [0.15, 0.2) is 6.23 Å². The quantitative estimate of drug-likeness (QED) is 0.0503. The van der Waals surface area contributed by atoms with E-state index in [2.05, 4.69) is 26.9 Å². The van der Waals surface area contributed by atoms with Crippen molar-refractivity contribution in [2.24, 2.45) is 0 Å². The highest BCUT2D eigenvalue weighted by atomic mass is 32.1. The topological polar surface area (TPSA) is 129 Å². The van der Waals surface area contributed by atoms with E-state index in [1.165, 1.54) is 12.0 Å². The minimum atomic E-state index is -0.988. The molecule has 2 aliphatic carbocycles. The molecule has 53 heavy (non-hydrogen) atoms. The van der Waals surface area contributed by atoms with Gasteiger partial charge < -0.3 is 30.5 Å². The molecule has 0 bridgehead atoms. The predicted molar refractivity (Wildman–Crippen MR) is 209 cm³/mol.